The van der Waals surface area contributed by atoms with Crippen LogP contribution < -0.4 is 0 Å². The van der Waals surface area contributed by atoms with Gasteiger partial charge in [-0.15, -0.1) is 0 Å². The Kier molecular flexibility index (Phi) is 6.96. The summed E-state index contributed by atoms with van der Waals surface area (Å²) in [7, 11) is 0. The minimum atomic E-state index is -4.26. The van der Waals surface area contributed by atoms with Gasteiger partial charge in [-0.05, 0) is 30.5 Å². The lowest BCUT2D eigenvalue weighted by atomic mass is 10.00. The molecule has 0 amide bonds. The molecule has 3 heteroatoms. The SMILES string of the molecule is CCCCCCCCCc1[c]cccc1C(F)(F)F. The number of benzene rings is 1. The highest BCUT2D eigenvalue weighted by Gasteiger charge is 2.32. The standard InChI is InChI=1S/C16H22F3/c1-2-3-4-5-6-7-8-11-14-12-9-10-13-15(14)16(17,18)19/h9-10,13H,2-8,11H2,1H3. The lowest BCUT2D eigenvalue weighted by molar-refractivity contribution is -0.138. The molecule has 0 saturated heterocycles. The van der Waals surface area contributed by atoms with Gasteiger partial charge in [0.05, 0.1) is 5.56 Å². The van der Waals surface area contributed by atoms with E-state index in [1.165, 1.54) is 31.7 Å². The van der Waals surface area contributed by atoms with Crippen LogP contribution >= 0.6 is 0 Å². The molecule has 0 N–H and O–H groups in total. The van der Waals surface area contributed by atoms with Crippen molar-refractivity contribution < 1.29 is 13.2 Å². The average molecular weight is 271 g/mol. The molecule has 0 atom stereocenters. The van der Waals surface area contributed by atoms with Crippen LogP contribution in [0.15, 0.2) is 18.2 Å². The fourth-order valence-electron chi connectivity index (χ4n) is 2.20. The van der Waals surface area contributed by atoms with E-state index in [-0.39, 0.29) is 0 Å². The van der Waals surface area contributed by atoms with Gasteiger partial charge in [0.1, 0.15) is 0 Å². The van der Waals surface area contributed by atoms with Crippen molar-refractivity contribution in [2.75, 3.05) is 0 Å². The van der Waals surface area contributed by atoms with Crippen molar-refractivity contribution in [2.24, 2.45) is 0 Å². The van der Waals surface area contributed by atoms with Crippen molar-refractivity contribution in [3.05, 3.63) is 35.4 Å². The quantitative estimate of drug-likeness (QED) is 0.524. The molecule has 0 aliphatic carbocycles. The number of rotatable bonds is 8. The molecule has 19 heavy (non-hydrogen) atoms. The summed E-state index contributed by atoms with van der Waals surface area (Å²) < 4.78 is 38.2. The number of aryl methyl sites for hydroxylation is 1. The zero-order valence-electron chi connectivity index (χ0n) is 11.5. The monoisotopic (exact) mass is 271 g/mol. The third-order valence-corrected chi connectivity index (χ3v) is 3.28. The van der Waals surface area contributed by atoms with Crippen molar-refractivity contribution in [1.29, 1.82) is 0 Å². The molecule has 1 aromatic carbocycles. The molecule has 1 rings (SSSR count). The third kappa shape index (κ3) is 6.13. The van der Waals surface area contributed by atoms with Gasteiger partial charge in [0.25, 0.3) is 0 Å². The third-order valence-electron chi connectivity index (χ3n) is 3.28. The Hall–Kier alpha value is -0.990. The number of halogens is 3. The van der Waals surface area contributed by atoms with Crippen molar-refractivity contribution in [1.82, 2.24) is 0 Å². The lowest BCUT2D eigenvalue weighted by Crippen LogP contribution is -2.09. The van der Waals surface area contributed by atoms with E-state index < -0.39 is 11.7 Å². The Morgan fingerprint density at radius 2 is 1.63 bits per heavy atom. The Morgan fingerprint density at radius 1 is 1.00 bits per heavy atom. The van der Waals surface area contributed by atoms with Gasteiger partial charge in [-0.2, -0.15) is 13.2 Å². The van der Waals surface area contributed by atoms with Gasteiger partial charge in [0, 0.05) is 0 Å². The number of hydrogen-bond acceptors (Lipinski definition) is 0. The molecular formula is C16H22F3. The highest BCUT2D eigenvalue weighted by atomic mass is 19.4. The maximum atomic E-state index is 12.7. The zero-order valence-corrected chi connectivity index (χ0v) is 11.5. The van der Waals surface area contributed by atoms with Gasteiger partial charge >= 0.3 is 6.18 Å². The molecule has 0 fully saturated rings. The van der Waals surface area contributed by atoms with E-state index in [2.05, 4.69) is 13.0 Å². The first kappa shape index (κ1) is 16.1. The van der Waals surface area contributed by atoms with Gasteiger partial charge in [0.15, 0.2) is 0 Å². The molecule has 1 radical (unpaired) electrons. The molecule has 0 aliphatic heterocycles. The first-order valence-electron chi connectivity index (χ1n) is 7.12. The Bertz CT molecular complexity index is 355. The number of unbranched alkanes of at least 4 members (excludes halogenated alkanes) is 6. The minimum Gasteiger partial charge on any atom is -0.166 e. The minimum absolute atomic E-state index is 0.309. The molecular weight excluding hydrogens is 249 g/mol. The van der Waals surface area contributed by atoms with Gasteiger partial charge in [-0.1, -0.05) is 57.6 Å². The summed E-state index contributed by atoms with van der Waals surface area (Å²) in [6, 6.07) is 6.84. The van der Waals surface area contributed by atoms with E-state index in [0.29, 0.717) is 12.0 Å². The van der Waals surface area contributed by atoms with Crippen molar-refractivity contribution in [3.8, 4) is 0 Å². The second-order valence-corrected chi connectivity index (χ2v) is 4.93. The average Bonchev–Trinajstić information content (AvgIpc) is 2.37. The van der Waals surface area contributed by atoms with Crippen LogP contribution in [0.1, 0.15) is 63.0 Å². The summed E-state index contributed by atoms with van der Waals surface area (Å²) in [5.74, 6) is 0. The van der Waals surface area contributed by atoms with E-state index in [9.17, 15) is 13.2 Å². The predicted octanol–water partition coefficient (Wildman–Crippen LogP) is 5.80. The van der Waals surface area contributed by atoms with E-state index >= 15 is 0 Å². The van der Waals surface area contributed by atoms with Gasteiger partial charge in [-0.3, -0.25) is 0 Å². The van der Waals surface area contributed by atoms with Crippen LogP contribution in [0.3, 0.4) is 0 Å². The number of hydrogen-bond donors (Lipinski definition) is 0. The molecule has 0 nitrogen and oxygen atoms in total. The summed E-state index contributed by atoms with van der Waals surface area (Å²) in [6.07, 6.45) is 4.06. The van der Waals surface area contributed by atoms with Crippen LogP contribution in [0.2, 0.25) is 0 Å². The lowest BCUT2D eigenvalue weighted by Gasteiger charge is -2.12. The largest absolute Gasteiger partial charge is 0.416 e. The Morgan fingerprint density at radius 3 is 2.26 bits per heavy atom. The first-order chi connectivity index (χ1) is 9.05. The van der Waals surface area contributed by atoms with E-state index in [1.54, 1.807) is 6.07 Å². The smallest absolute Gasteiger partial charge is 0.166 e. The Balaban J connectivity index is 2.33. The molecule has 0 heterocycles. The van der Waals surface area contributed by atoms with Crippen molar-refractivity contribution >= 4 is 0 Å². The predicted molar refractivity (Wildman–Crippen MR) is 72.0 cm³/mol. The normalized spacial score (nSPS) is 11.8. The van der Waals surface area contributed by atoms with Gasteiger partial charge in [0.2, 0.25) is 0 Å². The maximum Gasteiger partial charge on any atom is 0.416 e. The fourth-order valence-corrected chi connectivity index (χ4v) is 2.20. The molecule has 0 aromatic heterocycles. The molecule has 0 unspecified atom stereocenters. The summed E-state index contributed by atoms with van der Waals surface area (Å²) in [4.78, 5) is 0. The van der Waals surface area contributed by atoms with Crippen LogP contribution in [0.5, 0.6) is 0 Å². The molecule has 0 spiro atoms. The molecule has 0 bridgehead atoms. The van der Waals surface area contributed by atoms with Gasteiger partial charge < -0.3 is 0 Å². The topological polar surface area (TPSA) is 0 Å². The van der Waals surface area contributed by atoms with Gasteiger partial charge in [-0.25, -0.2) is 0 Å². The first-order valence-corrected chi connectivity index (χ1v) is 7.12. The van der Waals surface area contributed by atoms with E-state index in [0.717, 1.165) is 25.3 Å². The highest BCUT2D eigenvalue weighted by Crippen LogP contribution is 2.32. The summed E-state index contributed by atoms with van der Waals surface area (Å²) in [5, 5.41) is 0. The van der Waals surface area contributed by atoms with E-state index in [4.69, 9.17) is 0 Å². The molecule has 107 valence electrons. The van der Waals surface area contributed by atoms with E-state index in [1.807, 2.05) is 0 Å². The highest BCUT2D eigenvalue weighted by molar-refractivity contribution is 5.28. The summed E-state index contributed by atoms with van der Waals surface area (Å²) in [6.45, 7) is 2.17. The molecule has 0 saturated carbocycles. The van der Waals surface area contributed by atoms with Crippen molar-refractivity contribution in [3.63, 3.8) is 0 Å². The fraction of sp³-hybridized carbons (Fsp3) is 0.625. The van der Waals surface area contributed by atoms with Crippen molar-refractivity contribution in [2.45, 2.75) is 64.5 Å². The zero-order chi connectivity index (χ0) is 14.1. The summed E-state index contributed by atoms with van der Waals surface area (Å²) >= 11 is 0. The second kappa shape index (κ2) is 8.23. The van der Waals surface area contributed by atoms with Crippen LogP contribution in [0, 0.1) is 6.07 Å². The second-order valence-electron chi connectivity index (χ2n) is 4.93. The van der Waals surface area contributed by atoms with Crippen LogP contribution in [0.4, 0.5) is 13.2 Å². The molecule has 0 aliphatic rings. The number of alkyl halides is 3. The van der Waals surface area contributed by atoms with Crippen LogP contribution in [-0.2, 0) is 12.6 Å². The maximum absolute atomic E-state index is 12.7. The summed E-state index contributed by atoms with van der Waals surface area (Å²) in [5.41, 5.74) is -0.218. The Labute approximate surface area is 114 Å². The van der Waals surface area contributed by atoms with Crippen LogP contribution in [0.25, 0.3) is 0 Å². The molecule has 1 aromatic rings. The van der Waals surface area contributed by atoms with Crippen LogP contribution in [-0.4, -0.2) is 0 Å².